The minimum atomic E-state index is -0.580. The van der Waals surface area contributed by atoms with Crippen LogP contribution in [0.3, 0.4) is 0 Å². The third-order valence-corrected chi connectivity index (χ3v) is 9.51. The lowest BCUT2D eigenvalue weighted by atomic mass is 9.73. The van der Waals surface area contributed by atoms with Crippen LogP contribution in [0, 0.1) is 5.41 Å². The molecule has 3 saturated heterocycles. The summed E-state index contributed by atoms with van der Waals surface area (Å²) in [6.45, 7) is 12.8. The summed E-state index contributed by atoms with van der Waals surface area (Å²) in [4.78, 5) is 29.2. The zero-order valence-electron chi connectivity index (χ0n) is 26.5. The maximum atomic E-state index is 12.7. The van der Waals surface area contributed by atoms with Gasteiger partial charge < -0.3 is 29.7 Å². The number of pyridine rings is 1. The number of hydrogen-bond donors (Lipinski definition) is 2. The van der Waals surface area contributed by atoms with Crippen LogP contribution >= 0.6 is 23.2 Å². The van der Waals surface area contributed by atoms with Crippen molar-refractivity contribution in [1.82, 2.24) is 30.0 Å². The lowest BCUT2D eigenvalue weighted by molar-refractivity contribution is -0.0368. The van der Waals surface area contributed by atoms with Gasteiger partial charge in [0.2, 0.25) is 0 Å². The second kappa shape index (κ2) is 12.7. The summed E-state index contributed by atoms with van der Waals surface area (Å²) in [5.74, 6) is 1.18. The van der Waals surface area contributed by atoms with Crippen LogP contribution in [0.1, 0.15) is 73.0 Å². The van der Waals surface area contributed by atoms with Crippen molar-refractivity contribution in [3.63, 3.8) is 0 Å². The number of ether oxygens (including phenoxy) is 3. The number of aromatic nitrogens is 5. The van der Waals surface area contributed by atoms with Crippen molar-refractivity contribution >= 4 is 52.1 Å². The second-order valence-electron chi connectivity index (χ2n) is 13.2. The number of alkyl carbamates (subject to hydrolysis) is 1. The molecule has 6 rings (SSSR count). The van der Waals surface area contributed by atoms with E-state index in [1.54, 1.807) is 6.20 Å². The molecule has 14 heteroatoms. The maximum Gasteiger partial charge on any atom is 0.407 e. The number of hydrogen-bond acceptors (Lipinski definition) is 10. The summed E-state index contributed by atoms with van der Waals surface area (Å²) in [5.41, 5.74) is 1.63. The Morgan fingerprint density at radius 1 is 1.18 bits per heavy atom. The molecule has 3 aromatic heterocycles. The Kier molecular flexibility index (Phi) is 9.04. The SMILES string of the molecule is CCNc1nccc(-c2nn(C3CCCCO3)c3nc(N4CCC5(CC4)CO[C@@H](C)[C@H]5NC(=O)OC(C)(C)C)c(Cl)nc23)c1Cl. The minimum absolute atomic E-state index is 0.125. The predicted octanol–water partition coefficient (Wildman–Crippen LogP) is 6.22. The third-order valence-electron chi connectivity index (χ3n) is 8.88. The van der Waals surface area contributed by atoms with Crippen LogP contribution in [0.4, 0.5) is 16.4 Å². The van der Waals surface area contributed by atoms with E-state index >= 15 is 0 Å². The highest BCUT2D eigenvalue weighted by atomic mass is 35.5. The first-order valence-corrected chi connectivity index (χ1v) is 16.6. The molecular formula is C31H42Cl2N8O4. The monoisotopic (exact) mass is 660 g/mol. The fraction of sp³-hybridized carbons (Fsp3) is 0.645. The number of carbonyl (C=O) groups excluding carboxylic acids is 1. The molecule has 3 aromatic rings. The van der Waals surface area contributed by atoms with Gasteiger partial charge in [0.15, 0.2) is 22.8 Å². The summed E-state index contributed by atoms with van der Waals surface area (Å²) in [5, 5.41) is 12.0. The van der Waals surface area contributed by atoms with Crippen molar-refractivity contribution in [2.45, 2.75) is 90.7 Å². The van der Waals surface area contributed by atoms with Crippen LogP contribution in [0.25, 0.3) is 22.4 Å². The summed E-state index contributed by atoms with van der Waals surface area (Å²) in [7, 11) is 0. The van der Waals surface area contributed by atoms with Gasteiger partial charge in [0.25, 0.3) is 0 Å². The molecule has 3 atom stereocenters. The highest BCUT2D eigenvalue weighted by Gasteiger charge is 2.51. The van der Waals surface area contributed by atoms with Gasteiger partial charge >= 0.3 is 6.09 Å². The molecule has 0 radical (unpaired) electrons. The van der Waals surface area contributed by atoms with Gasteiger partial charge in [-0.15, -0.1) is 0 Å². The van der Waals surface area contributed by atoms with Crippen LogP contribution in [0.2, 0.25) is 10.2 Å². The molecule has 6 heterocycles. The molecule has 3 aliphatic rings. The molecule has 1 spiro atoms. The van der Waals surface area contributed by atoms with Crippen molar-refractivity contribution in [2.24, 2.45) is 5.41 Å². The zero-order valence-corrected chi connectivity index (χ0v) is 28.0. The Balaban J connectivity index is 1.31. The highest BCUT2D eigenvalue weighted by molar-refractivity contribution is 6.36. The molecule has 3 fully saturated rings. The van der Waals surface area contributed by atoms with E-state index in [2.05, 4.69) is 20.5 Å². The van der Waals surface area contributed by atoms with E-state index in [9.17, 15) is 4.79 Å². The van der Waals surface area contributed by atoms with Crippen LogP contribution < -0.4 is 15.5 Å². The van der Waals surface area contributed by atoms with E-state index in [1.807, 2.05) is 45.4 Å². The van der Waals surface area contributed by atoms with Crippen molar-refractivity contribution in [3.8, 4) is 11.3 Å². The van der Waals surface area contributed by atoms with E-state index < -0.39 is 11.7 Å². The number of nitrogens with zero attached hydrogens (tertiary/aromatic N) is 6. The number of fused-ring (bicyclic) bond motifs is 1. The molecule has 244 valence electrons. The molecular weight excluding hydrogens is 619 g/mol. The van der Waals surface area contributed by atoms with E-state index in [0.717, 1.165) is 32.1 Å². The largest absolute Gasteiger partial charge is 0.444 e. The van der Waals surface area contributed by atoms with Gasteiger partial charge in [-0.3, -0.25) is 0 Å². The van der Waals surface area contributed by atoms with Crippen LogP contribution in [-0.4, -0.2) is 81.4 Å². The summed E-state index contributed by atoms with van der Waals surface area (Å²) in [6, 6.07) is 1.67. The first-order chi connectivity index (χ1) is 21.5. The van der Waals surface area contributed by atoms with Gasteiger partial charge in [-0.25, -0.2) is 24.4 Å². The first-order valence-electron chi connectivity index (χ1n) is 15.8. The number of rotatable bonds is 6. The van der Waals surface area contributed by atoms with Gasteiger partial charge in [0, 0.05) is 43.4 Å². The third kappa shape index (κ3) is 6.39. The zero-order chi connectivity index (χ0) is 31.9. The van der Waals surface area contributed by atoms with Gasteiger partial charge in [-0.2, -0.15) is 5.10 Å². The van der Waals surface area contributed by atoms with E-state index in [0.29, 0.717) is 77.1 Å². The molecule has 3 aliphatic heterocycles. The van der Waals surface area contributed by atoms with Crippen molar-refractivity contribution < 1.29 is 19.0 Å². The normalized spacial score (nSPS) is 23.4. The van der Waals surface area contributed by atoms with Crippen molar-refractivity contribution in [3.05, 3.63) is 22.4 Å². The van der Waals surface area contributed by atoms with E-state index in [4.69, 9.17) is 52.5 Å². The summed E-state index contributed by atoms with van der Waals surface area (Å²) in [6.07, 6.45) is 5.30. The molecule has 45 heavy (non-hydrogen) atoms. The number of amides is 1. The topological polar surface area (TPSA) is 129 Å². The fourth-order valence-electron chi connectivity index (χ4n) is 6.64. The number of piperidine rings is 1. The number of carbonyl (C=O) groups is 1. The molecule has 0 bridgehead atoms. The Bertz CT molecular complexity index is 1550. The Morgan fingerprint density at radius 3 is 2.64 bits per heavy atom. The van der Waals surface area contributed by atoms with Gasteiger partial charge in [0.05, 0.1) is 23.8 Å². The molecule has 1 amide bonds. The van der Waals surface area contributed by atoms with Gasteiger partial charge in [-0.05, 0) is 72.8 Å². The lowest BCUT2D eigenvalue weighted by Crippen LogP contribution is -2.55. The fourth-order valence-corrected chi connectivity index (χ4v) is 7.16. The highest BCUT2D eigenvalue weighted by Crippen LogP contribution is 2.44. The average molecular weight is 662 g/mol. The minimum Gasteiger partial charge on any atom is -0.444 e. The number of nitrogens with one attached hydrogen (secondary N) is 2. The summed E-state index contributed by atoms with van der Waals surface area (Å²) >= 11 is 13.7. The van der Waals surface area contributed by atoms with Crippen molar-refractivity contribution in [2.75, 3.05) is 43.1 Å². The van der Waals surface area contributed by atoms with E-state index in [-0.39, 0.29) is 23.8 Å². The van der Waals surface area contributed by atoms with Crippen molar-refractivity contribution in [1.29, 1.82) is 0 Å². The molecule has 0 aromatic carbocycles. The Labute approximate surface area is 273 Å². The number of halogens is 2. The summed E-state index contributed by atoms with van der Waals surface area (Å²) < 4.78 is 19.6. The van der Waals surface area contributed by atoms with Crippen LogP contribution in [-0.2, 0) is 14.2 Å². The Morgan fingerprint density at radius 2 is 1.96 bits per heavy atom. The van der Waals surface area contributed by atoms with Gasteiger partial charge in [-0.1, -0.05) is 23.2 Å². The molecule has 0 saturated carbocycles. The van der Waals surface area contributed by atoms with E-state index in [1.165, 1.54) is 0 Å². The number of anilines is 2. The quantitative estimate of drug-likeness (QED) is 0.314. The predicted molar refractivity (Wildman–Crippen MR) is 174 cm³/mol. The molecule has 1 unspecified atom stereocenters. The first kappa shape index (κ1) is 32.0. The lowest BCUT2D eigenvalue weighted by Gasteiger charge is -2.43. The molecule has 12 nitrogen and oxygen atoms in total. The Hall–Kier alpha value is -2.93. The maximum absolute atomic E-state index is 12.7. The second-order valence-corrected chi connectivity index (χ2v) is 13.9. The van der Waals surface area contributed by atoms with Gasteiger partial charge in [0.1, 0.15) is 22.6 Å². The molecule has 0 aliphatic carbocycles. The van der Waals surface area contributed by atoms with Crippen LogP contribution in [0.5, 0.6) is 0 Å². The molecule has 2 N–H and O–H groups in total. The smallest absolute Gasteiger partial charge is 0.407 e. The standard InChI is InChI=1S/C31H42Cl2N8O4/c1-6-34-26-21(32)19(10-13-35-26)22-23-27(41(39-22)20-9-7-8-16-43-20)38-28(25(33)36-23)40-14-11-31(12-15-40)17-44-18(2)24(31)37-29(42)45-30(3,4)5/h10,13,18,20,24H,6-9,11-12,14-17H2,1-5H3,(H,34,35)(H,37,42)/t18-,20?,24+/m0/s1. The van der Waals surface area contributed by atoms with Crippen LogP contribution in [0.15, 0.2) is 12.3 Å². The average Bonchev–Trinajstić information content (AvgIpc) is 3.51.